The molecule has 2 fully saturated rings. The first-order valence-electron chi connectivity index (χ1n) is 10.9. The van der Waals surface area contributed by atoms with Gasteiger partial charge in [-0.05, 0) is 67.9 Å². The molecule has 0 radical (unpaired) electrons. The fourth-order valence-electron chi connectivity index (χ4n) is 4.83. The van der Waals surface area contributed by atoms with Crippen molar-refractivity contribution in [1.82, 2.24) is 0 Å². The Bertz CT molecular complexity index is 1450. The minimum atomic E-state index is -4.82. The fraction of sp³-hybridized carbons (Fsp3) is 0.348. The second kappa shape index (κ2) is 8.16. The van der Waals surface area contributed by atoms with Crippen molar-refractivity contribution in [2.45, 2.75) is 42.0 Å². The van der Waals surface area contributed by atoms with Crippen molar-refractivity contribution in [2.75, 3.05) is 22.2 Å². The number of alkyl halides is 3. The standard InChI is InChI=1S/C23H18F3N3O5S2/c24-23(25,26)17-8-14(3-2-13(17)10-27)28-20(31)22(6-1-7-22)29(21(28)35)15-4-5-18-19(9-15)36(32,33)12-16(11-30)34-18/h2-5,8-9,16,30H,1,6-7,11-12H2/t16-/m0/s1. The van der Waals surface area contributed by atoms with Crippen molar-refractivity contribution >= 4 is 44.4 Å². The average Bonchev–Trinajstić information content (AvgIpc) is 3.04. The van der Waals surface area contributed by atoms with E-state index in [2.05, 4.69) is 0 Å². The summed E-state index contributed by atoms with van der Waals surface area (Å²) in [6.07, 6.45) is -4.31. The molecule has 1 saturated heterocycles. The number of halogens is 3. The van der Waals surface area contributed by atoms with Crippen LogP contribution in [-0.4, -0.2) is 48.5 Å². The summed E-state index contributed by atoms with van der Waals surface area (Å²) in [6, 6.07) is 8.72. The molecule has 13 heteroatoms. The van der Waals surface area contributed by atoms with Crippen LogP contribution in [0.5, 0.6) is 5.75 Å². The first-order valence-corrected chi connectivity index (χ1v) is 12.9. The molecular weight excluding hydrogens is 519 g/mol. The highest BCUT2D eigenvalue weighted by Crippen LogP contribution is 2.49. The third-order valence-corrected chi connectivity index (χ3v) is 8.87. The molecule has 1 spiro atoms. The average molecular weight is 538 g/mol. The summed E-state index contributed by atoms with van der Waals surface area (Å²) in [5.41, 5.74) is -2.78. The molecule has 8 nitrogen and oxygen atoms in total. The zero-order valence-electron chi connectivity index (χ0n) is 18.4. The lowest BCUT2D eigenvalue weighted by molar-refractivity contribution is -0.137. The molecule has 0 aromatic heterocycles. The van der Waals surface area contributed by atoms with E-state index in [1.54, 1.807) is 0 Å². The van der Waals surface area contributed by atoms with Gasteiger partial charge in [0, 0.05) is 5.69 Å². The zero-order valence-corrected chi connectivity index (χ0v) is 20.1. The summed E-state index contributed by atoms with van der Waals surface area (Å²) in [7, 11) is -3.82. The Hall–Kier alpha value is -3.21. The van der Waals surface area contributed by atoms with Gasteiger partial charge in [0.2, 0.25) is 0 Å². The summed E-state index contributed by atoms with van der Waals surface area (Å²) < 4.78 is 71.9. The lowest BCUT2D eigenvalue weighted by Gasteiger charge is -2.43. The van der Waals surface area contributed by atoms with E-state index in [0.29, 0.717) is 19.3 Å². The molecule has 2 aromatic carbocycles. The molecule has 36 heavy (non-hydrogen) atoms. The van der Waals surface area contributed by atoms with Gasteiger partial charge in [-0.15, -0.1) is 0 Å². The second-order valence-corrected chi connectivity index (χ2v) is 11.2. The Kier molecular flexibility index (Phi) is 5.55. The Labute approximate surface area is 209 Å². The number of hydrogen-bond acceptors (Lipinski definition) is 7. The van der Waals surface area contributed by atoms with Crippen molar-refractivity contribution in [2.24, 2.45) is 0 Å². The lowest BCUT2D eigenvalue weighted by Crippen LogP contribution is -2.55. The molecule has 0 unspecified atom stereocenters. The van der Waals surface area contributed by atoms with Crippen molar-refractivity contribution in [3.05, 3.63) is 47.5 Å². The van der Waals surface area contributed by atoms with E-state index < -0.39 is 57.1 Å². The number of carbonyl (C=O) groups excluding carboxylic acids is 1. The second-order valence-electron chi connectivity index (χ2n) is 8.82. The fourth-order valence-corrected chi connectivity index (χ4v) is 6.86. The minimum absolute atomic E-state index is 0.0573. The SMILES string of the molecule is N#Cc1ccc(N2C(=O)C3(CCC3)N(c3ccc4c(c3)S(=O)(=O)C[C@H](CO)O4)C2=S)cc1C(F)(F)F. The maximum Gasteiger partial charge on any atom is 0.417 e. The highest BCUT2D eigenvalue weighted by Gasteiger charge is 2.60. The Morgan fingerprint density at radius 1 is 1.19 bits per heavy atom. The number of sulfone groups is 1. The van der Waals surface area contributed by atoms with Crippen molar-refractivity contribution in [1.29, 1.82) is 5.26 Å². The van der Waals surface area contributed by atoms with E-state index in [0.717, 1.165) is 17.0 Å². The minimum Gasteiger partial charge on any atom is -0.486 e. The van der Waals surface area contributed by atoms with Crippen LogP contribution in [0.15, 0.2) is 41.3 Å². The van der Waals surface area contributed by atoms with Gasteiger partial charge in [0.1, 0.15) is 22.3 Å². The molecule has 2 aromatic rings. The topological polar surface area (TPSA) is 111 Å². The maximum atomic E-state index is 13.6. The molecule has 1 atom stereocenters. The van der Waals surface area contributed by atoms with E-state index in [1.807, 2.05) is 0 Å². The van der Waals surface area contributed by atoms with Crippen LogP contribution in [0, 0.1) is 11.3 Å². The van der Waals surface area contributed by atoms with E-state index in [4.69, 9.17) is 22.2 Å². The van der Waals surface area contributed by atoms with Gasteiger partial charge in [-0.25, -0.2) is 8.42 Å². The Morgan fingerprint density at radius 3 is 2.47 bits per heavy atom. The Balaban J connectivity index is 1.60. The molecule has 1 N–H and O–H groups in total. The van der Waals surface area contributed by atoms with Gasteiger partial charge in [-0.1, -0.05) is 0 Å². The number of hydrogen-bond donors (Lipinski definition) is 1. The van der Waals surface area contributed by atoms with Crippen LogP contribution < -0.4 is 14.5 Å². The number of carbonyl (C=O) groups is 1. The van der Waals surface area contributed by atoms with Crippen molar-refractivity contribution < 1.29 is 36.2 Å². The van der Waals surface area contributed by atoms with Gasteiger partial charge in [-0.2, -0.15) is 18.4 Å². The van der Waals surface area contributed by atoms with Gasteiger partial charge in [0.05, 0.1) is 35.2 Å². The van der Waals surface area contributed by atoms with Crippen LogP contribution in [0.2, 0.25) is 0 Å². The summed E-state index contributed by atoms with van der Waals surface area (Å²) in [6.45, 7) is -0.478. The van der Waals surface area contributed by atoms with Crippen LogP contribution in [0.1, 0.15) is 30.4 Å². The van der Waals surface area contributed by atoms with Crippen LogP contribution >= 0.6 is 12.2 Å². The largest absolute Gasteiger partial charge is 0.486 e. The predicted molar refractivity (Wildman–Crippen MR) is 125 cm³/mol. The van der Waals surface area contributed by atoms with Crippen LogP contribution in [0.4, 0.5) is 24.5 Å². The van der Waals surface area contributed by atoms with Crippen LogP contribution in [0.3, 0.4) is 0 Å². The smallest absolute Gasteiger partial charge is 0.417 e. The third-order valence-electron chi connectivity index (χ3n) is 6.70. The van der Waals surface area contributed by atoms with E-state index in [1.165, 1.54) is 35.2 Å². The molecule has 2 aliphatic heterocycles. The quantitative estimate of drug-likeness (QED) is 0.595. The van der Waals surface area contributed by atoms with Crippen molar-refractivity contribution in [3.63, 3.8) is 0 Å². The molecule has 0 bridgehead atoms. The molecular formula is C23H18F3N3O5S2. The van der Waals surface area contributed by atoms with Gasteiger partial charge < -0.3 is 14.7 Å². The lowest BCUT2D eigenvalue weighted by atomic mass is 9.75. The molecule has 1 saturated carbocycles. The predicted octanol–water partition coefficient (Wildman–Crippen LogP) is 3.16. The monoisotopic (exact) mass is 537 g/mol. The highest BCUT2D eigenvalue weighted by atomic mass is 32.2. The number of rotatable bonds is 3. The van der Waals surface area contributed by atoms with E-state index in [-0.39, 0.29) is 27.1 Å². The number of fused-ring (bicyclic) bond motifs is 1. The number of ether oxygens (including phenoxy) is 1. The van der Waals surface area contributed by atoms with Gasteiger partial charge >= 0.3 is 6.18 Å². The zero-order chi connectivity index (χ0) is 26.0. The molecule has 1 amide bonds. The summed E-state index contributed by atoms with van der Waals surface area (Å²) in [5.74, 6) is -0.887. The third kappa shape index (κ3) is 3.55. The first kappa shape index (κ1) is 24.5. The van der Waals surface area contributed by atoms with Gasteiger partial charge in [-0.3, -0.25) is 9.69 Å². The summed E-state index contributed by atoms with van der Waals surface area (Å²) >= 11 is 5.57. The Morgan fingerprint density at radius 2 is 1.89 bits per heavy atom. The molecule has 3 aliphatic rings. The van der Waals surface area contributed by atoms with E-state index >= 15 is 0 Å². The van der Waals surface area contributed by atoms with Crippen LogP contribution in [0.25, 0.3) is 0 Å². The number of aliphatic hydroxyl groups excluding tert-OH is 1. The molecule has 2 heterocycles. The number of amides is 1. The van der Waals surface area contributed by atoms with E-state index in [9.17, 15) is 31.5 Å². The molecule has 188 valence electrons. The van der Waals surface area contributed by atoms with Gasteiger partial charge in [0.25, 0.3) is 5.91 Å². The van der Waals surface area contributed by atoms with Crippen LogP contribution in [-0.2, 0) is 20.8 Å². The summed E-state index contributed by atoms with van der Waals surface area (Å²) in [4.78, 5) is 16.0. The number of aliphatic hydroxyl groups is 1. The molecule has 5 rings (SSSR count). The first-order chi connectivity index (χ1) is 16.9. The highest BCUT2D eigenvalue weighted by molar-refractivity contribution is 7.91. The van der Waals surface area contributed by atoms with Gasteiger partial charge in [0.15, 0.2) is 14.9 Å². The number of thiocarbonyl (C=S) groups is 1. The normalized spacial score (nSPS) is 22.1. The summed E-state index contributed by atoms with van der Waals surface area (Å²) in [5, 5.41) is 18.3. The molecule has 1 aliphatic carbocycles. The number of anilines is 2. The maximum absolute atomic E-state index is 13.6. The van der Waals surface area contributed by atoms with Crippen molar-refractivity contribution in [3.8, 4) is 11.8 Å². The number of benzene rings is 2. The number of nitrogens with zero attached hydrogens (tertiary/aromatic N) is 3. The number of nitriles is 1.